The fourth-order valence-corrected chi connectivity index (χ4v) is 2.17. The summed E-state index contributed by atoms with van der Waals surface area (Å²) in [4.78, 5) is 33.4. The Hall–Kier alpha value is -1.89. The molecule has 0 bridgehead atoms. The molecule has 6 nitrogen and oxygen atoms in total. The van der Waals surface area contributed by atoms with E-state index >= 15 is 0 Å². The molecule has 1 heterocycles. The second-order valence-electron chi connectivity index (χ2n) is 3.64. The van der Waals surface area contributed by atoms with Crippen molar-refractivity contribution in [2.45, 2.75) is 26.9 Å². The second-order valence-corrected chi connectivity index (χ2v) is 4.59. The highest BCUT2D eigenvalue weighted by molar-refractivity contribution is 7.10. The predicted octanol–water partition coefficient (Wildman–Crippen LogP) is 1.84. The van der Waals surface area contributed by atoms with E-state index in [1.54, 1.807) is 11.4 Å². The van der Waals surface area contributed by atoms with E-state index in [2.05, 4.69) is 0 Å². The molecule has 0 aliphatic carbocycles. The van der Waals surface area contributed by atoms with E-state index in [0.29, 0.717) is 10.6 Å². The van der Waals surface area contributed by atoms with Crippen molar-refractivity contribution in [3.05, 3.63) is 16.3 Å². The Morgan fingerprint density at radius 3 is 2.37 bits per heavy atom. The van der Waals surface area contributed by atoms with Gasteiger partial charge in [-0.15, -0.1) is 11.3 Å². The molecule has 1 atom stereocenters. The van der Waals surface area contributed by atoms with Crippen LogP contribution in [0.5, 0.6) is 5.75 Å². The van der Waals surface area contributed by atoms with E-state index in [0.717, 1.165) is 0 Å². The number of rotatable bonds is 5. The highest BCUT2D eigenvalue weighted by Crippen LogP contribution is 2.33. The van der Waals surface area contributed by atoms with Crippen LogP contribution in [0.2, 0.25) is 0 Å². The van der Waals surface area contributed by atoms with Gasteiger partial charge in [-0.05, 0) is 11.4 Å². The highest BCUT2D eigenvalue weighted by atomic mass is 32.1. The molecular formula is C12H14O6S. The van der Waals surface area contributed by atoms with E-state index in [4.69, 9.17) is 14.2 Å². The first kappa shape index (κ1) is 15.2. The van der Waals surface area contributed by atoms with Crippen LogP contribution in [0.15, 0.2) is 11.4 Å². The Kier molecular flexibility index (Phi) is 5.50. The first-order chi connectivity index (χ1) is 8.90. The molecule has 104 valence electrons. The number of hydrogen-bond donors (Lipinski definition) is 0. The Morgan fingerprint density at radius 1 is 1.16 bits per heavy atom. The molecule has 1 aromatic rings. The number of ether oxygens (including phenoxy) is 3. The zero-order valence-electron chi connectivity index (χ0n) is 10.8. The molecule has 0 aliphatic rings. The molecule has 0 saturated carbocycles. The molecule has 0 N–H and O–H groups in total. The van der Waals surface area contributed by atoms with Crippen LogP contribution >= 0.6 is 11.3 Å². The third kappa shape index (κ3) is 5.09. The Morgan fingerprint density at radius 2 is 1.84 bits per heavy atom. The largest absolute Gasteiger partial charge is 0.462 e. The van der Waals surface area contributed by atoms with Gasteiger partial charge in [-0.1, -0.05) is 0 Å². The van der Waals surface area contributed by atoms with E-state index in [1.165, 1.54) is 32.1 Å². The van der Waals surface area contributed by atoms with E-state index in [-0.39, 0.29) is 6.61 Å². The standard InChI is InChI=1S/C12H14O6S/c1-7(13)16-6-11(18-9(3)15)12-10(4-5-19-12)17-8(2)14/h4-5,11H,6H2,1-3H3. The molecule has 0 spiro atoms. The molecule has 0 aromatic carbocycles. The van der Waals surface area contributed by atoms with Crippen molar-refractivity contribution in [3.8, 4) is 5.75 Å². The highest BCUT2D eigenvalue weighted by Gasteiger charge is 2.23. The lowest BCUT2D eigenvalue weighted by atomic mass is 10.3. The smallest absolute Gasteiger partial charge is 0.308 e. The molecule has 0 aliphatic heterocycles. The van der Waals surface area contributed by atoms with Crippen LogP contribution in [-0.4, -0.2) is 24.5 Å². The summed E-state index contributed by atoms with van der Waals surface area (Å²) in [5.74, 6) is -1.17. The monoisotopic (exact) mass is 286 g/mol. The van der Waals surface area contributed by atoms with Gasteiger partial charge < -0.3 is 14.2 Å². The predicted molar refractivity (Wildman–Crippen MR) is 66.8 cm³/mol. The van der Waals surface area contributed by atoms with Crippen LogP contribution < -0.4 is 4.74 Å². The summed E-state index contributed by atoms with van der Waals surface area (Å²) in [6.45, 7) is 3.66. The summed E-state index contributed by atoms with van der Waals surface area (Å²) in [5, 5.41) is 1.69. The van der Waals surface area contributed by atoms with E-state index < -0.39 is 24.0 Å². The molecule has 0 fully saturated rings. The first-order valence-corrected chi connectivity index (χ1v) is 6.34. The van der Waals surface area contributed by atoms with Crippen LogP contribution in [0.1, 0.15) is 31.8 Å². The molecular weight excluding hydrogens is 272 g/mol. The van der Waals surface area contributed by atoms with Crippen LogP contribution in [0, 0.1) is 0 Å². The van der Waals surface area contributed by atoms with Gasteiger partial charge in [-0.3, -0.25) is 14.4 Å². The summed E-state index contributed by atoms with van der Waals surface area (Å²) in [7, 11) is 0. The Bertz CT molecular complexity index is 478. The molecule has 0 saturated heterocycles. The van der Waals surface area contributed by atoms with Crippen molar-refractivity contribution in [1.29, 1.82) is 0 Å². The number of carbonyl (C=O) groups excluding carboxylic acids is 3. The van der Waals surface area contributed by atoms with Crippen LogP contribution in [0.4, 0.5) is 0 Å². The number of thiophene rings is 1. The maximum absolute atomic E-state index is 11.1. The summed E-state index contributed by atoms with van der Waals surface area (Å²) in [6, 6.07) is 1.59. The topological polar surface area (TPSA) is 78.9 Å². The van der Waals surface area contributed by atoms with Gasteiger partial charge in [0.05, 0.1) is 4.88 Å². The van der Waals surface area contributed by atoms with E-state index in [9.17, 15) is 14.4 Å². The van der Waals surface area contributed by atoms with Gasteiger partial charge in [0.15, 0.2) is 6.10 Å². The minimum Gasteiger partial charge on any atom is -0.462 e. The zero-order valence-corrected chi connectivity index (χ0v) is 11.6. The maximum Gasteiger partial charge on any atom is 0.308 e. The maximum atomic E-state index is 11.1. The molecule has 1 rings (SSSR count). The quantitative estimate of drug-likeness (QED) is 0.768. The van der Waals surface area contributed by atoms with Crippen LogP contribution in [-0.2, 0) is 23.9 Å². The Balaban J connectivity index is 2.89. The van der Waals surface area contributed by atoms with Crippen molar-refractivity contribution in [2.75, 3.05) is 6.61 Å². The van der Waals surface area contributed by atoms with Gasteiger partial charge in [0, 0.05) is 20.8 Å². The molecule has 1 unspecified atom stereocenters. The average molecular weight is 286 g/mol. The van der Waals surface area contributed by atoms with Gasteiger partial charge in [-0.2, -0.15) is 0 Å². The van der Waals surface area contributed by atoms with Crippen molar-refractivity contribution in [3.63, 3.8) is 0 Å². The number of esters is 3. The van der Waals surface area contributed by atoms with Crippen molar-refractivity contribution in [2.24, 2.45) is 0 Å². The summed E-state index contributed by atoms with van der Waals surface area (Å²) in [6.07, 6.45) is -0.782. The number of carbonyl (C=O) groups is 3. The Labute approximate surface area is 114 Å². The molecule has 19 heavy (non-hydrogen) atoms. The van der Waals surface area contributed by atoms with Crippen molar-refractivity contribution >= 4 is 29.2 Å². The summed E-state index contributed by atoms with van der Waals surface area (Å²) >= 11 is 1.25. The van der Waals surface area contributed by atoms with E-state index in [1.807, 2.05) is 0 Å². The lowest BCUT2D eigenvalue weighted by Gasteiger charge is -2.16. The van der Waals surface area contributed by atoms with Crippen LogP contribution in [0.3, 0.4) is 0 Å². The second kappa shape index (κ2) is 6.89. The lowest BCUT2D eigenvalue weighted by Crippen LogP contribution is -2.16. The summed E-state index contributed by atoms with van der Waals surface area (Å²) in [5.41, 5.74) is 0. The number of hydrogen-bond acceptors (Lipinski definition) is 7. The van der Waals surface area contributed by atoms with Gasteiger partial charge in [0.2, 0.25) is 0 Å². The first-order valence-electron chi connectivity index (χ1n) is 5.46. The SMILES string of the molecule is CC(=O)OCC(OC(C)=O)c1sccc1OC(C)=O. The minimum atomic E-state index is -0.782. The normalized spacial score (nSPS) is 11.5. The van der Waals surface area contributed by atoms with Gasteiger partial charge in [0.25, 0.3) is 0 Å². The average Bonchev–Trinajstić information content (AvgIpc) is 2.70. The van der Waals surface area contributed by atoms with Gasteiger partial charge in [-0.25, -0.2) is 0 Å². The molecule has 1 aromatic heterocycles. The molecule has 0 amide bonds. The minimum absolute atomic E-state index is 0.121. The van der Waals surface area contributed by atoms with Crippen molar-refractivity contribution < 1.29 is 28.6 Å². The fraction of sp³-hybridized carbons (Fsp3) is 0.417. The summed E-state index contributed by atoms with van der Waals surface area (Å²) < 4.78 is 14.9. The van der Waals surface area contributed by atoms with Crippen LogP contribution in [0.25, 0.3) is 0 Å². The zero-order chi connectivity index (χ0) is 14.4. The third-order valence-corrected chi connectivity index (χ3v) is 2.94. The van der Waals surface area contributed by atoms with Gasteiger partial charge >= 0.3 is 17.9 Å². The van der Waals surface area contributed by atoms with Crippen molar-refractivity contribution in [1.82, 2.24) is 0 Å². The lowest BCUT2D eigenvalue weighted by molar-refractivity contribution is -0.156. The van der Waals surface area contributed by atoms with Gasteiger partial charge in [0.1, 0.15) is 12.4 Å². The molecule has 0 radical (unpaired) electrons. The fourth-order valence-electron chi connectivity index (χ4n) is 1.34. The molecule has 7 heteroatoms. The third-order valence-electron chi connectivity index (χ3n) is 1.95.